The average molecular weight is 269 g/mol. The second-order valence-corrected chi connectivity index (χ2v) is 4.47. The van der Waals surface area contributed by atoms with Crippen LogP contribution in [0.15, 0.2) is 59.6 Å². The molecule has 1 heterocycles. The van der Waals surface area contributed by atoms with Gasteiger partial charge in [-0.3, -0.25) is 4.79 Å². The average Bonchev–Trinajstić information content (AvgIpc) is 2.98. The van der Waals surface area contributed by atoms with Crippen molar-refractivity contribution in [2.75, 3.05) is 6.61 Å². The zero-order valence-electron chi connectivity index (χ0n) is 10.6. The summed E-state index contributed by atoms with van der Waals surface area (Å²) in [5.74, 6) is -0.449. The summed E-state index contributed by atoms with van der Waals surface area (Å²) in [4.78, 5) is 16.5. The molecular formula is C16H12FNO2. The minimum absolute atomic E-state index is 0.0548. The molecule has 0 amide bonds. The van der Waals surface area contributed by atoms with Crippen LogP contribution in [0.5, 0.6) is 0 Å². The third-order valence-corrected chi connectivity index (χ3v) is 3.11. The van der Waals surface area contributed by atoms with Gasteiger partial charge in [-0.1, -0.05) is 30.3 Å². The number of rotatable bonds is 3. The molecule has 1 unspecified atom stereocenters. The number of carbonyl (C=O) groups excluding carboxylic acids is 1. The molecule has 0 saturated heterocycles. The SMILES string of the molecule is O=C(c1ccccc1F)C1COC(c2ccccc2)=N1. The van der Waals surface area contributed by atoms with Crippen LogP contribution in [-0.4, -0.2) is 24.3 Å². The quantitative estimate of drug-likeness (QED) is 0.804. The molecule has 0 bridgehead atoms. The second kappa shape index (κ2) is 5.25. The Balaban J connectivity index is 1.85. The molecule has 0 N–H and O–H groups in total. The lowest BCUT2D eigenvalue weighted by atomic mass is 10.1. The first-order valence-electron chi connectivity index (χ1n) is 6.30. The second-order valence-electron chi connectivity index (χ2n) is 4.47. The normalized spacial score (nSPS) is 17.4. The predicted octanol–water partition coefficient (Wildman–Crippen LogP) is 2.85. The Morgan fingerprint density at radius 3 is 2.55 bits per heavy atom. The minimum Gasteiger partial charge on any atom is -0.475 e. The Morgan fingerprint density at radius 1 is 1.10 bits per heavy atom. The van der Waals surface area contributed by atoms with E-state index in [1.54, 1.807) is 12.1 Å². The van der Waals surface area contributed by atoms with Crippen molar-refractivity contribution in [3.63, 3.8) is 0 Å². The largest absolute Gasteiger partial charge is 0.475 e. The first kappa shape index (κ1) is 12.5. The maximum Gasteiger partial charge on any atom is 0.217 e. The van der Waals surface area contributed by atoms with Crippen molar-refractivity contribution in [1.82, 2.24) is 0 Å². The Morgan fingerprint density at radius 2 is 1.80 bits per heavy atom. The summed E-state index contributed by atoms with van der Waals surface area (Å²) in [5, 5.41) is 0. The van der Waals surface area contributed by atoms with E-state index in [2.05, 4.69) is 4.99 Å². The standard InChI is InChI=1S/C16H12FNO2/c17-13-9-5-4-8-12(13)15(19)14-10-20-16(18-14)11-6-2-1-3-7-11/h1-9,14H,10H2. The molecule has 2 aromatic carbocycles. The molecule has 0 aliphatic carbocycles. The van der Waals surface area contributed by atoms with E-state index in [9.17, 15) is 9.18 Å². The molecule has 0 fully saturated rings. The van der Waals surface area contributed by atoms with Crippen LogP contribution in [0.25, 0.3) is 0 Å². The maximum atomic E-state index is 13.6. The van der Waals surface area contributed by atoms with E-state index in [1.807, 2.05) is 30.3 Å². The van der Waals surface area contributed by atoms with Crippen molar-refractivity contribution in [3.8, 4) is 0 Å². The molecule has 1 atom stereocenters. The van der Waals surface area contributed by atoms with Crippen LogP contribution in [0.4, 0.5) is 4.39 Å². The van der Waals surface area contributed by atoms with Crippen molar-refractivity contribution < 1.29 is 13.9 Å². The molecule has 20 heavy (non-hydrogen) atoms. The van der Waals surface area contributed by atoms with E-state index in [0.29, 0.717) is 5.90 Å². The molecule has 4 heteroatoms. The number of halogens is 1. The van der Waals surface area contributed by atoms with Crippen LogP contribution in [0.3, 0.4) is 0 Å². The zero-order valence-corrected chi connectivity index (χ0v) is 10.6. The Kier molecular flexibility index (Phi) is 3.29. The van der Waals surface area contributed by atoms with Crippen molar-refractivity contribution in [1.29, 1.82) is 0 Å². The number of hydrogen-bond donors (Lipinski definition) is 0. The van der Waals surface area contributed by atoms with Gasteiger partial charge in [-0.15, -0.1) is 0 Å². The predicted molar refractivity (Wildman–Crippen MR) is 73.4 cm³/mol. The first-order valence-corrected chi connectivity index (χ1v) is 6.30. The first-order chi connectivity index (χ1) is 9.75. The van der Waals surface area contributed by atoms with Crippen molar-refractivity contribution in [2.24, 2.45) is 4.99 Å². The molecule has 100 valence electrons. The summed E-state index contributed by atoms with van der Waals surface area (Å²) in [6.07, 6.45) is 0. The van der Waals surface area contributed by atoms with Gasteiger partial charge in [-0.2, -0.15) is 0 Å². The number of nitrogens with zero attached hydrogens (tertiary/aromatic N) is 1. The van der Waals surface area contributed by atoms with Crippen molar-refractivity contribution in [3.05, 3.63) is 71.5 Å². The monoisotopic (exact) mass is 269 g/mol. The highest BCUT2D eigenvalue weighted by Gasteiger charge is 2.28. The zero-order chi connectivity index (χ0) is 13.9. The molecule has 1 aliphatic rings. The number of benzene rings is 2. The van der Waals surface area contributed by atoms with E-state index in [1.165, 1.54) is 12.1 Å². The summed E-state index contributed by atoms with van der Waals surface area (Å²) in [6, 6.07) is 14.6. The topological polar surface area (TPSA) is 38.7 Å². The van der Waals surface area contributed by atoms with Gasteiger partial charge >= 0.3 is 0 Å². The molecule has 1 aliphatic heterocycles. The minimum atomic E-state index is -0.679. The summed E-state index contributed by atoms with van der Waals surface area (Å²) in [5.41, 5.74) is 0.871. The Hall–Kier alpha value is -2.49. The van der Waals surface area contributed by atoms with Gasteiger partial charge in [-0.25, -0.2) is 9.38 Å². The van der Waals surface area contributed by atoms with E-state index >= 15 is 0 Å². The maximum absolute atomic E-state index is 13.6. The highest BCUT2D eigenvalue weighted by atomic mass is 19.1. The lowest BCUT2D eigenvalue weighted by Gasteiger charge is -2.04. The Labute approximate surface area is 115 Å². The Bertz CT molecular complexity index is 667. The van der Waals surface area contributed by atoms with Gasteiger partial charge in [0.2, 0.25) is 5.90 Å². The van der Waals surface area contributed by atoms with Gasteiger partial charge in [-0.05, 0) is 24.3 Å². The number of hydrogen-bond acceptors (Lipinski definition) is 3. The van der Waals surface area contributed by atoms with Gasteiger partial charge in [0.25, 0.3) is 0 Å². The molecule has 3 rings (SSSR count). The lowest BCUT2D eigenvalue weighted by Crippen LogP contribution is -2.21. The van der Waals surface area contributed by atoms with E-state index in [-0.39, 0.29) is 18.0 Å². The molecule has 0 saturated carbocycles. The molecule has 0 radical (unpaired) electrons. The van der Waals surface area contributed by atoms with Crippen LogP contribution >= 0.6 is 0 Å². The molecule has 2 aromatic rings. The number of ether oxygens (including phenoxy) is 1. The molecule has 0 spiro atoms. The number of Topliss-reactive ketones (excluding diaryl/α,β-unsaturated/α-hetero) is 1. The summed E-state index contributed by atoms with van der Waals surface area (Å²) >= 11 is 0. The molecular weight excluding hydrogens is 257 g/mol. The van der Waals surface area contributed by atoms with E-state index in [0.717, 1.165) is 5.56 Å². The van der Waals surface area contributed by atoms with Gasteiger partial charge in [0.1, 0.15) is 12.4 Å². The van der Waals surface area contributed by atoms with Gasteiger partial charge in [0.15, 0.2) is 11.8 Å². The van der Waals surface area contributed by atoms with E-state index in [4.69, 9.17) is 4.74 Å². The number of ketones is 1. The van der Waals surface area contributed by atoms with Gasteiger partial charge in [0.05, 0.1) is 5.56 Å². The highest BCUT2D eigenvalue weighted by molar-refractivity contribution is 6.04. The molecule has 3 nitrogen and oxygen atoms in total. The third kappa shape index (κ3) is 2.32. The fourth-order valence-electron chi connectivity index (χ4n) is 2.09. The van der Waals surface area contributed by atoms with Crippen molar-refractivity contribution in [2.45, 2.75) is 6.04 Å². The highest BCUT2D eigenvalue weighted by Crippen LogP contribution is 2.17. The third-order valence-electron chi connectivity index (χ3n) is 3.11. The lowest BCUT2D eigenvalue weighted by molar-refractivity contribution is 0.0944. The van der Waals surface area contributed by atoms with Crippen LogP contribution in [0, 0.1) is 5.82 Å². The number of aliphatic imine (C=N–C) groups is 1. The summed E-state index contributed by atoms with van der Waals surface area (Å²) in [7, 11) is 0. The fraction of sp³-hybridized carbons (Fsp3) is 0.125. The van der Waals surface area contributed by atoms with Crippen molar-refractivity contribution >= 4 is 11.7 Å². The fourth-order valence-corrected chi connectivity index (χ4v) is 2.09. The van der Waals surface area contributed by atoms with Crippen LogP contribution in [0.2, 0.25) is 0 Å². The van der Waals surface area contributed by atoms with Crippen LogP contribution in [0.1, 0.15) is 15.9 Å². The molecule has 0 aromatic heterocycles. The van der Waals surface area contributed by atoms with Gasteiger partial charge < -0.3 is 4.74 Å². The van der Waals surface area contributed by atoms with Crippen LogP contribution < -0.4 is 0 Å². The van der Waals surface area contributed by atoms with Gasteiger partial charge in [0, 0.05) is 5.56 Å². The summed E-state index contributed by atoms with van der Waals surface area (Å²) in [6.45, 7) is 0.150. The number of carbonyl (C=O) groups is 1. The van der Waals surface area contributed by atoms with Crippen LogP contribution in [-0.2, 0) is 4.74 Å². The van der Waals surface area contributed by atoms with E-state index < -0.39 is 11.9 Å². The smallest absolute Gasteiger partial charge is 0.217 e. The summed E-state index contributed by atoms with van der Waals surface area (Å²) < 4.78 is 19.0.